The van der Waals surface area contributed by atoms with E-state index >= 15 is 0 Å². The number of nitrogens with zero attached hydrogens (tertiary/aromatic N) is 1. The largest absolute Gasteiger partial charge is 0.483 e. The summed E-state index contributed by atoms with van der Waals surface area (Å²) in [6.07, 6.45) is 0.801. The number of benzene rings is 2. The third-order valence-corrected chi connectivity index (χ3v) is 6.15. The van der Waals surface area contributed by atoms with E-state index in [0.29, 0.717) is 15.8 Å². The highest BCUT2D eigenvalue weighted by Crippen LogP contribution is 2.24. The summed E-state index contributed by atoms with van der Waals surface area (Å²) < 4.78 is 5.80. The molecule has 0 aromatic heterocycles. The van der Waals surface area contributed by atoms with E-state index in [9.17, 15) is 9.59 Å². The van der Waals surface area contributed by atoms with Crippen molar-refractivity contribution in [2.45, 2.75) is 59.7 Å². The molecule has 168 valence electrons. The average molecular weight is 465 g/mol. The lowest BCUT2D eigenvalue weighted by Gasteiger charge is -2.29. The molecule has 31 heavy (non-hydrogen) atoms. The Morgan fingerprint density at radius 3 is 2.45 bits per heavy atom. The zero-order chi connectivity index (χ0) is 23.1. The van der Waals surface area contributed by atoms with Crippen LogP contribution in [0.5, 0.6) is 5.75 Å². The molecule has 0 fully saturated rings. The van der Waals surface area contributed by atoms with E-state index < -0.39 is 6.04 Å². The Labute approximate surface area is 194 Å². The Morgan fingerprint density at radius 2 is 1.81 bits per heavy atom. The Balaban J connectivity index is 2.22. The van der Waals surface area contributed by atoms with Crippen LogP contribution >= 0.6 is 23.2 Å². The van der Waals surface area contributed by atoms with E-state index in [4.69, 9.17) is 27.9 Å². The summed E-state index contributed by atoms with van der Waals surface area (Å²) in [5, 5.41) is 3.77. The standard InChI is InChI=1S/C24H30Cl2N2O3/c1-6-16(3)27-24(30)18(5)28(13-19-10-11-20(25)21(26)12-19)23(29)14-31-22-9-7-8-15(2)17(22)4/h7-12,16,18H,6,13-14H2,1-5H3,(H,27,30)/t16-,18-/m1/s1. The number of aryl methyl sites for hydroxylation is 1. The first-order chi connectivity index (χ1) is 14.6. The molecule has 7 heteroatoms. The first-order valence-electron chi connectivity index (χ1n) is 10.4. The van der Waals surface area contributed by atoms with Crippen LogP contribution in [-0.2, 0) is 16.1 Å². The van der Waals surface area contributed by atoms with Gasteiger partial charge >= 0.3 is 0 Å². The SMILES string of the molecule is CC[C@@H](C)NC(=O)[C@@H](C)N(Cc1ccc(Cl)c(Cl)c1)C(=O)COc1cccc(C)c1C. The van der Waals surface area contributed by atoms with Gasteiger partial charge in [-0.15, -0.1) is 0 Å². The number of carbonyl (C=O) groups excluding carboxylic acids is 2. The van der Waals surface area contributed by atoms with Gasteiger partial charge in [0, 0.05) is 12.6 Å². The minimum Gasteiger partial charge on any atom is -0.483 e. The Morgan fingerprint density at radius 1 is 1.10 bits per heavy atom. The van der Waals surface area contributed by atoms with Gasteiger partial charge in [-0.1, -0.05) is 48.3 Å². The molecule has 0 saturated carbocycles. The fraction of sp³-hybridized carbons (Fsp3) is 0.417. The maximum Gasteiger partial charge on any atom is 0.261 e. The van der Waals surface area contributed by atoms with E-state index in [1.807, 2.05) is 45.9 Å². The number of hydrogen-bond acceptors (Lipinski definition) is 3. The van der Waals surface area contributed by atoms with E-state index in [1.165, 1.54) is 4.90 Å². The lowest BCUT2D eigenvalue weighted by atomic mass is 10.1. The van der Waals surface area contributed by atoms with Gasteiger partial charge in [-0.3, -0.25) is 9.59 Å². The van der Waals surface area contributed by atoms with Gasteiger partial charge in [0.25, 0.3) is 5.91 Å². The van der Waals surface area contributed by atoms with Crippen LogP contribution in [-0.4, -0.2) is 35.4 Å². The Hall–Kier alpha value is -2.24. The monoisotopic (exact) mass is 464 g/mol. The fourth-order valence-corrected chi connectivity index (χ4v) is 3.31. The molecule has 2 rings (SSSR count). The smallest absolute Gasteiger partial charge is 0.261 e. The second kappa shape index (κ2) is 11.4. The third kappa shape index (κ3) is 6.88. The number of nitrogens with one attached hydrogen (secondary N) is 1. The first-order valence-corrected chi connectivity index (χ1v) is 11.1. The van der Waals surface area contributed by atoms with Gasteiger partial charge in [0.1, 0.15) is 11.8 Å². The van der Waals surface area contributed by atoms with Crippen LogP contribution in [0.3, 0.4) is 0 Å². The van der Waals surface area contributed by atoms with Crippen molar-refractivity contribution in [3.05, 3.63) is 63.1 Å². The summed E-state index contributed by atoms with van der Waals surface area (Å²) in [6, 6.07) is 10.2. The normalized spacial score (nSPS) is 12.7. The zero-order valence-corrected chi connectivity index (χ0v) is 20.2. The molecule has 0 aliphatic rings. The molecular weight excluding hydrogens is 435 g/mol. The van der Waals surface area contributed by atoms with Gasteiger partial charge in [0.2, 0.25) is 5.91 Å². The summed E-state index contributed by atoms with van der Waals surface area (Å²) in [5.74, 6) is 0.146. The van der Waals surface area contributed by atoms with Gasteiger partial charge in [-0.2, -0.15) is 0 Å². The fourth-order valence-electron chi connectivity index (χ4n) is 2.99. The molecule has 0 spiro atoms. The third-order valence-electron chi connectivity index (χ3n) is 5.41. The highest BCUT2D eigenvalue weighted by atomic mass is 35.5. The number of rotatable bonds is 9. The van der Waals surface area contributed by atoms with Crippen LogP contribution in [0.1, 0.15) is 43.9 Å². The molecule has 5 nitrogen and oxygen atoms in total. The minimum atomic E-state index is -0.682. The molecule has 2 atom stereocenters. The number of carbonyl (C=O) groups is 2. The molecule has 0 aliphatic carbocycles. The molecule has 2 amide bonds. The summed E-state index contributed by atoms with van der Waals surface area (Å²) in [5.41, 5.74) is 2.84. The van der Waals surface area contributed by atoms with Crippen molar-refractivity contribution in [1.82, 2.24) is 10.2 Å². The van der Waals surface area contributed by atoms with Crippen molar-refractivity contribution in [3.63, 3.8) is 0 Å². The predicted molar refractivity (Wildman–Crippen MR) is 126 cm³/mol. The summed E-state index contributed by atoms with van der Waals surface area (Å²) in [4.78, 5) is 27.4. The van der Waals surface area contributed by atoms with Gasteiger partial charge in [-0.05, 0) is 69.0 Å². The van der Waals surface area contributed by atoms with Gasteiger partial charge in [0.15, 0.2) is 6.61 Å². The van der Waals surface area contributed by atoms with Crippen LogP contribution in [0.15, 0.2) is 36.4 Å². The number of amides is 2. The number of ether oxygens (including phenoxy) is 1. The Kier molecular flexibility index (Phi) is 9.20. The van der Waals surface area contributed by atoms with Crippen LogP contribution < -0.4 is 10.1 Å². The van der Waals surface area contributed by atoms with E-state index in [2.05, 4.69) is 5.32 Å². The average Bonchev–Trinajstić information content (AvgIpc) is 2.74. The van der Waals surface area contributed by atoms with Crippen molar-refractivity contribution in [1.29, 1.82) is 0 Å². The molecule has 0 bridgehead atoms. The highest BCUT2D eigenvalue weighted by Gasteiger charge is 2.27. The second-order valence-corrected chi connectivity index (χ2v) is 8.57. The summed E-state index contributed by atoms with van der Waals surface area (Å²) >= 11 is 12.2. The number of halogens is 2. The maximum atomic E-state index is 13.1. The van der Waals surface area contributed by atoms with Crippen LogP contribution in [0.4, 0.5) is 0 Å². The lowest BCUT2D eigenvalue weighted by molar-refractivity contribution is -0.142. The van der Waals surface area contributed by atoms with Crippen molar-refractivity contribution in [2.75, 3.05) is 6.61 Å². The van der Waals surface area contributed by atoms with Gasteiger partial charge < -0.3 is 15.0 Å². The van der Waals surface area contributed by atoms with Crippen LogP contribution in [0.2, 0.25) is 10.0 Å². The van der Waals surface area contributed by atoms with Crippen molar-refractivity contribution in [3.8, 4) is 5.75 Å². The van der Waals surface area contributed by atoms with Crippen LogP contribution in [0, 0.1) is 13.8 Å². The Bertz CT molecular complexity index is 933. The summed E-state index contributed by atoms with van der Waals surface area (Å²) in [6.45, 7) is 9.61. The van der Waals surface area contributed by atoms with E-state index in [-0.39, 0.29) is 31.0 Å². The molecule has 0 radical (unpaired) electrons. The van der Waals surface area contributed by atoms with Crippen molar-refractivity contribution in [2.24, 2.45) is 0 Å². The lowest BCUT2D eigenvalue weighted by Crippen LogP contribution is -2.50. The van der Waals surface area contributed by atoms with Gasteiger partial charge in [0.05, 0.1) is 10.0 Å². The molecule has 0 aliphatic heterocycles. The second-order valence-electron chi connectivity index (χ2n) is 7.75. The molecule has 1 N–H and O–H groups in total. The zero-order valence-electron chi connectivity index (χ0n) is 18.7. The van der Waals surface area contributed by atoms with Gasteiger partial charge in [-0.25, -0.2) is 0 Å². The van der Waals surface area contributed by atoms with Crippen LogP contribution in [0.25, 0.3) is 0 Å². The molecule has 0 heterocycles. The summed E-state index contributed by atoms with van der Waals surface area (Å²) in [7, 11) is 0. The maximum absolute atomic E-state index is 13.1. The predicted octanol–water partition coefficient (Wildman–Crippen LogP) is 5.32. The molecular formula is C24H30Cl2N2O3. The number of hydrogen-bond donors (Lipinski definition) is 1. The minimum absolute atomic E-state index is 0.0167. The molecule has 2 aromatic rings. The first kappa shape index (κ1) is 25.0. The van der Waals surface area contributed by atoms with E-state index in [1.54, 1.807) is 25.1 Å². The molecule has 0 unspecified atom stereocenters. The van der Waals surface area contributed by atoms with Crippen molar-refractivity contribution >= 4 is 35.0 Å². The van der Waals surface area contributed by atoms with E-state index in [0.717, 1.165) is 23.1 Å². The highest BCUT2D eigenvalue weighted by molar-refractivity contribution is 6.42. The molecule has 2 aromatic carbocycles. The van der Waals surface area contributed by atoms with Crippen molar-refractivity contribution < 1.29 is 14.3 Å². The molecule has 0 saturated heterocycles. The topological polar surface area (TPSA) is 58.6 Å². The quantitative estimate of drug-likeness (QED) is 0.545.